The molecule has 0 saturated carbocycles. The van der Waals surface area contributed by atoms with Gasteiger partial charge in [0.25, 0.3) is 0 Å². The highest BCUT2D eigenvalue weighted by Crippen LogP contribution is 2.28. The topological polar surface area (TPSA) is 60.0 Å². The Hall–Kier alpha value is -1.21. The zero-order chi connectivity index (χ0) is 19.5. The fourth-order valence-corrected chi connectivity index (χ4v) is 3.74. The van der Waals surface area contributed by atoms with Gasteiger partial charge in [0, 0.05) is 7.11 Å². The molecule has 3 atom stereocenters. The minimum atomic E-state index is -0.923. The average molecular weight is 396 g/mol. The van der Waals surface area contributed by atoms with Crippen molar-refractivity contribution in [2.45, 2.75) is 63.2 Å². The Morgan fingerprint density at radius 1 is 1.37 bits per heavy atom. The molecule has 0 aromatic rings. The van der Waals surface area contributed by atoms with Crippen molar-refractivity contribution in [3.8, 4) is 0 Å². The monoisotopic (exact) mass is 395 g/mol. The molecule has 1 aliphatic heterocycles. The van der Waals surface area contributed by atoms with Crippen molar-refractivity contribution in [1.29, 1.82) is 0 Å². The number of aliphatic hydroxyl groups excluding tert-OH is 1. The van der Waals surface area contributed by atoms with Crippen LogP contribution in [0.3, 0.4) is 0 Å². The van der Waals surface area contributed by atoms with Crippen LogP contribution in [0.15, 0.2) is 47.2 Å². The van der Waals surface area contributed by atoms with Crippen LogP contribution in [0.1, 0.15) is 45.4 Å². The molecule has 2 rings (SSSR count). The molecule has 0 radical (unpaired) electrons. The van der Waals surface area contributed by atoms with Crippen LogP contribution in [0, 0.1) is 0 Å². The second-order valence-electron chi connectivity index (χ2n) is 6.79. The molecule has 1 heterocycles. The molecule has 0 fully saturated rings. The molecular formula is C21H33NO4S. The van der Waals surface area contributed by atoms with E-state index in [1.165, 1.54) is 32.8 Å². The van der Waals surface area contributed by atoms with Gasteiger partial charge in [0.1, 0.15) is 5.76 Å². The Morgan fingerprint density at radius 2 is 2.19 bits per heavy atom. The highest BCUT2D eigenvalue weighted by atomic mass is 32.2. The first-order valence-corrected chi connectivity index (χ1v) is 10.7. The minimum Gasteiger partial charge on any atom is -0.494 e. The molecule has 2 N–H and O–H groups in total. The fourth-order valence-electron chi connectivity index (χ4n) is 2.81. The van der Waals surface area contributed by atoms with Crippen LogP contribution in [0.2, 0.25) is 0 Å². The molecule has 6 heteroatoms. The molecule has 0 aromatic carbocycles. The summed E-state index contributed by atoms with van der Waals surface area (Å²) >= 11 is 1.56. The Bertz CT molecular complexity index is 558. The summed E-state index contributed by atoms with van der Waals surface area (Å²) in [6, 6.07) is 0. The molecule has 2 unspecified atom stereocenters. The van der Waals surface area contributed by atoms with Crippen LogP contribution in [-0.2, 0) is 14.2 Å². The first kappa shape index (κ1) is 22.1. The van der Waals surface area contributed by atoms with Crippen LogP contribution in [0.4, 0.5) is 0 Å². The summed E-state index contributed by atoms with van der Waals surface area (Å²) in [5, 5.41) is 14.7. The van der Waals surface area contributed by atoms with E-state index in [1.54, 1.807) is 11.8 Å². The van der Waals surface area contributed by atoms with Gasteiger partial charge in [0.05, 0.1) is 30.4 Å². The number of unbranched alkanes of at least 4 members (excludes halogenated alkanes) is 4. The van der Waals surface area contributed by atoms with Crippen LogP contribution in [0.5, 0.6) is 0 Å². The Kier molecular flexibility index (Phi) is 10.1. The third-order valence-electron chi connectivity index (χ3n) is 4.51. The molecule has 0 bridgehead atoms. The number of hydrogen-bond acceptors (Lipinski definition) is 6. The van der Waals surface area contributed by atoms with Gasteiger partial charge in [-0.25, -0.2) is 0 Å². The summed E-state index contributed by atoms with van der Waals surface area (Å²) in [5.41, 5.74) is 1.59. The highest BCUT2D eigenvalue weighted by molar-refractivity contribution is 8.03. The van der Waals surface area contributed by atoms with Gasteiger partial charge in [-0.15, -0.1) is 11.8 Å². The Morgan fingerprint density at radius 3 is 2.89 bits per heavy atom. The molecule has 0 aromatic heterocycles. The van der Waals surface area contributed by atoms with Crippen molar-refractivity contribution in [3.63, 3.8) is 0 Å². The fraction of sp³-hybridized carbons (Fsp3) is 0.619. The van der Waals surface area contributed by atoms with Crippen LogP contribution < -0.4 is 5.32 Å². The maximum Gasteiger partial charge on any atom is 0.196 e. The van der Waals surface area contributed by atoms with Gasteiger partial charge in [-0.2, -0.15) is 0 Å². The summed E-state index contributed by atoms with van der Waals surface area (Å²) in [5.74, 6) is 0.944. The van der Waals surface area contributed by atoms with Crippen LogP contribution in [0.25, 0.3) is 0 Å². The van der Waals surface area contributed by atoms with Gasteiger partial charge < -0.3 is 24.6 Å². The smallest absolute Gasteiger partial charge is 0.196 e. The van der Waals surface area contributed by atoms with Crippen molar-refractivity contribution >= 4 is 11.8 Å². The molecule has 1 aliphatic carbocycles. The van der Waals surface area contributed by atoms with E-state index in [0.29, 0.717) is 12.3 Å². The predicted molar refractivity (Wildman–Crippen MR) is 111 cm³/mol. The lowest BCUT2D eigenvalue weighted by Gasteiger charge is -2.21. The molecule has 0 saturated heterocycles. The number of methoxy groups -OCH3 is 1. The van der Waals surface area contributed by atoms with E-state index >= 15 is 0 Å². The molecule has 27 heavy (non-hydrogen) atoms. The number of nitrogens with one attached hydrogen (secondary N) is 1. The summed E-state index contributed by atoms with van der Waals surface area (Å²) < 4.78 is 16.7. The molecule has 0 spiro atoms. The first-order valence-electron chi connectivity index (χ1n) is 9.77. The lowest BCUT2D eigenvalue weighted by molar-refractivity contribution is -0.0484. The van der Waals surface area contributed by atoms with Crippen molar-refractivity contribution in [3.05, 3.63) is 47.2 Å². The van der Waals surface area contributed by atoms with Crippen molar-refractivity contribution in [1.82, 2.24) is 5.32 Å². The number of ether oxygens (including phenoxy) is 3. The predicted octanol–water partition coefficient (Wildman–Crippen LogP) is 4.23. The third kappa shape index (κ3) is 7.74. The lowest BCUT2D eigenvalue weighted by atomic mass is 10.1. The zero-order valence-corrected chi connectivity index (χ0v) is 17.3. The van der Waals surface area contributed by atoms with E-state index in [2.05, 4.69) is 24.9 Å². The van der Waals surface area contributed by atoms with E-state index in [0.717, 1.165) is 30.8 Å². The van der Waals surface area contributed by atoms with Crippen molar-refractivity contribution in [2.75, 3.05) is 20.3 Å². The second-order valence-corrected chi connectivity index (χ2v) is 7.77. The molecule has 0 amide bonds. The maximum absolute atomic E-state index is 9.68. The quantitative estimate of drug-likeness (QED) is 0.276. The lowest BCUT2D eigenvalue weighted by Crippen LogP contribution is -2.30. The van der Waals surface area contributed by atoms with Crippen molar-refractivity contribution < 1.29 is 19.3 Å². The highest BCUT2D eigenvalue weighted by Gasteiger charge is 2.24. The maximum atomic E-state index is 9.68. The minimum absolute atomic E-state index is 0.000449. The van der Waals surface area contributed by atoms with E-state index in [9.17, 15) is 5.11 Å². The number of thioether (sulfide) groups is 1. The molecular weight excluding hydrogens is 362 g/mol. The number of aliphatic hydroxyl groups is 1. The van der Waals surface area contributed by atoms with Crippen LogP contribution >= 0.6 is 11.8 Å². The molecule has 2 aliphatic rings. The van der Waals surface area contributed by atoms with Crippen LogP contribution in [-0.4, -0.2) is 43.2 Å². The van der Waals surface area contributed by atoms with Gasteiger partial charge in [0.15, 0.2) is 6.29 Å². The molecule has 152 valence electrons. The van der Waals surface area contributed by atoms with Crippen molar-refractivity contribution in [2.24, 2.45) is 0 Å². The summed E-state index contributed by atoms with van der Waals surface area (Å²) in [4.78, 5) is 0. The number of allylic oxidation sites excluding steroid dienone is 1. The number of rotatable bonds is 13. The normalized spacial score (nSPS) is 22.8. The Labute approximate surface area is 167 Å². The molecule has 5 nitrogen and oxygen atoms in total. The van der Waals surface area contributed by atoms with E-state index in [4.69, 9.17) is 14.2 Å². The van der Waals surface area contributed by atoms with E-state index in [1.807, 2.05) is 17.6 Å². The van der Waals surface area contributed by atoms with Gasteiger partial charge >= 0.3 is 0 Å². The van der Waals surface area contributed by atoms with Gasteiger partial charge in [0.2, 0.25) is 0 Å². The summed E-state index contributed by atoms with van der Waals surface area (Å²) in [6.07, 6.45) is 12.3. The van der Waals surface area contributed by atoms with Gasteiger partial charge in [-0.3, -0.25) is 0 Å². The average Bonchev–Trinajstić information content (AvgIpc) is 3.19. The number of hydrogen-bond donors (Lipinski definition) is 2. The van der Waals surface area contributed by atoms with Gasteiger partial charge in [-0.1, -0.05) is 45.3 Å². The SMILES string of the molecule is C=C(COC1C=CC(OCCCCCCC)=CC1)C1NC([C@@H](O)OC)=CS1. The largest absolute Gasteiger partial charge is 0.494 e. The zero-order valence-electron chi connectivity index (χ0n) is 16.5. The van der Waals surface area contributed by atoms with E-state index in [-0.39, 0.29) is 11.5 Å². The second kappa shape index (κ2) is 12.3. The third-order valence-corrected chi connectivity index (χ3v) is 5.63. The van der Waals surface area contributed by atoms with E-state index < -0.39 is 6.29 Å². The Balaban J connectivity index is 1.59. The standard InChI is InChI=1S/C21H33NO4S/c1-4-5-6-7-8-13-25-17-9-11-18(12-10-17)26-14-16(2)20-22-19(15-27-20)21(23)24-3/h9-11,15,18,20-23H,2,4-8,12-14H2,1,3H3/t18?,20?,21-/m0/s1. The summed E-state index contributed by atoms with van der Waals surface area (Å²) in [6.45, 7) is 7.58. The summed E-state index contributed by atoms with van der Waals surface area (Å²) in [7, 11) is 1.47. The van der Waals surface area contributed by atoms with Gasteiger partial charge in [-0.05, 0) is 36.0 Å². The first-order chi connectivity index (χ1) is 13.1.